The maximum absolute atomic E-state index is 6.52. The zero-order valence-corrected chi connectivity index (χ0v) is 18.4. The third-order valence-corrected chi connectivity index (χ3v) is 6.79. The van der Waals surface area contributed by atoms with Gasteiger partial charge in [-0.3, -0.25) is 0 Å². The van der Waals surface area contributed by atoms with Gasteiger partial charge in [-0.25, -0.2) is 4.67 Å². The van der Waals surface area contributed by atoms with Crippen LogP contribution < -0.4 is 0 Å². The molecule has 0 N–H and O–H groups in total. The van der Waals surface area contributed by atoms with E-state index in [4.69, 9.17) is 18.5 Å². The third kappa shape index (κ3) is 5.05. The lowest BCUT2D eigenvalue weighted by Gasteiger charge is -2.29. The van der Waals surface area contributed by atoms with E-state index in [-0.39, 0.29) is 24.4 Å². The van der Waals surface area contributed by atoms with Crippen LogP contribution in [0.2, 0.25) is 0 Å². The van der Waals surface area contributed by atoms with Crippen LogP contribution in [-0.2, 0) is 31.4 Å². The summed E-state index contributed by atoms with van der Waals surface area (Å²) in [6.45, 7) is 3.94. The second kappa shape index (κ2) is 8.81. The normalized spacial score (nSPS) is 31.4. The average molecular weight is 415 g/mol. The summed E-state index contributed by atoms with van der Waals surface area (Å²) >= 11 is 0. The van der Waals surface area contributed by atoms with Crippen LogP contribution in [0.1, 0.15) is 25.0 Å². The van der Waals surface area contributed by atoms with Gasteiger partial charge in [-0.1, -0.05) is 60.7 Å². The van der Waals surface area contributed by atoms with Crippen molar-refractivity contribution in [1.29, 1.82) is 0 Å². The molecule has 0 spiro atoms. The van der Waals surface area contributed by atoms with Crippen molar-refractivity contribution in [2.75, 3.05) is 14.1 Å². The summed E-state index contributed by atoms with van der Waals surface area (Å²) in [7, 11) is 2.78. The molecule has 0 unspecified atom stereocenters. The van der Waals surface area contributed by atoms with Crippen LogP contribution in [0.5, 0.6) is 0 Å². The summed E-state index contributed by atoms with van der Waals surface area (Å²) in [6, 6.07) is 20.8. The van der Waals surface area contributed by atoms with Gasteiger partial charge in [0.1, 0.15) is 12.2 Å². The molecule has 156 valence electrons. The van der Waals surface area contributed by atoms with Gasteiger partial charge in [0.2, 0.25) is 0 Å². The van der Waals surface area contributed by atoms with E-state index in [0.717, 1.165) is 12.8 Å². The monoisotopic (exact) mass is 415 g/mol. The predicted molar refractivity (Wildman–Crippen MR) is 114 cm³/mol. The van der Waals surface area contributed by atoms with Crippen LogP contribution in [0.15, 0.2) is 60.7 Å². The van der Waals surface area contributed by atoms with Gasteiger partial charge in [-0.15, -0.1) is 0 Å². The first kappa shape index (κ1) is 20.9. The van der Waals surface area contributed by atoms with Crippen molar-refractivity contribution in [3.05, 3.63) is 71.8 Å². The average Bonchev–Trinajstić information content (AvgIpc) is 2.96. The lowest BCUT2D eigenvalue weighted by Crippen LogP contribution is -2.42. The molecule has 0 bridgehead atoms. The topological polar surface area (TPSA) is 40.2 Å². The minimum absolute atomic E-state index is 0.140. The largest absolute Gasteiger partial charge is 0.342 e. The van der Waals surface area contributed by atoms with Gasteiger partial charge in [0.15, 0.2) is 5.79 Å². The Hall–Kier alpha value is -1.33. The molecule has 2 aromatic carbocycles. The Morgan fingerprint density at radius 3 is 1.55 bits per heavy atom. The van der Waals surface area contributed by atoms with Gasteiger partial charge in [0, 0.05) is 12.8 Å². The fraction of sp³-hybridized carbons (Fsp3) is 0.478. The van der Waals surface area contributed by atoms with Crippen LogP contribution in [0.4, 0.5) is 0 Å². The highest BCUT2D eigenvalue weighted by Gasteiger charge is 2.52. The van der Waals surface area contributed by atoms with Crippen molar-refractivity contribution in [3.63, 3.8) is 0 Å². The van der Waals surface area contributed by atoms with E-state index in [9.17, 15) is 0 Å². The molecule has 2 saturated heterocycles. The van der Waals surface area contributed by atoms with Crippen molar-refractivity contribution in [2.24, 2.45) is 0 Å². The highest BCUT2D eigenvalue weighted by molar-refractivity contribution is 7.44. The Balaban J connectivity index is 1.64. The Morgan fingerprint density at radius 1 is 0.759 bits per heavy atom. The van der Waals surface area contributed by atoms with E-state index in [1.807, 2.05) is 44.7 Å². The Morgan fingerprint density at radius 2 is 1.17 bits per heavy atom. The molecule has 2 aliphatic heterocycles. The molecule has 2 heterocycles. The summed E-state index contributed by atoms with van der Waals surface area (Å²) in [4.78, 5) is 0. The van der Waals surface area contributed by atoms with Gasteiger partial charge in [0.05, 0.1) is 12.2 Å². The lowest BCUT2D eigenvalue weighted by molar-refractivity contribution is -0.162. The van der Waals surface area contributed by atoms with Crippen LogP contribution >= 0.6 is 8.53 Å². The van der Waals surface area contributed by atoms with E-state index in [0.29, 0.717) is 0 Å². The van der Waals surface area contributed by atoms with E-state index in [1.54, 1.807) is 0 Å². The first-order chi connectivity index (χ1) is 13.9. The summed E-state index contributed by atoms with van der Waals surface area (Å²) in [5, 5.41) is 0. The molecular formula is C23H30NO4P. The first-order valence-corrected chi connectivity index (χ1v) is 11.3. The third-order valence-electron chi connectivity index (χ3n) is 5.23. The SMILES string of the molecule is CN(C)P1O[C@@H](Cc2ccccc2)[C@H]2OC(C)(C)O[C@@H]2[C@H](Cc2ccccc2)O1. The molecule has 5 nitrogen and oxygen atoms in total. The fourth-order valence-electron chi connectivity index (χ4n) is 3.96. The molecule has 0 amide bonds. The summed E-state index contributed by atoms with van der Waals surface area (Å²) < 4.78 is 27.8. The molecule has 6 heteroatoms. The van der Waals surface area contributed by atoms with Crippen LogP contribution in [0, 0.1) is 0 Å². The number of fused-ring (bicyclic) bond motifs is 1. The zero-order chi connectivity index (χ0) is 20.4. The molecule has 0 aromatic heterocycles. The van der Waals surface area contributed by atoms with Crippen molar-refractivity contribution in [1.82, 2.24) is 4.67 Å². The number of hydrogen-bond donors (Lipinski definition) is 0. The van der Waals surface area contributed by atoms with Crippen molar-refractivity contribution >= 4 is 8.53 Å². The lowest BCUT2D eigenvalue weighted by atomic mass is 9.94. The molecule has 4 rings (SSSR count). The molecule has 4 atom stereocenters. The molecule has 2 aliphatic rings. The van der Waals surface area contributed by atoms with E-state index < -0.39 is 14.3 Å². The molecule has 2 fully saturated rings. The second-order valence-corrected chi connectivity index (χ2v) is 10.0. The second-order valence-electron chi connectivity index (χ2n) is 8.32. The first-order valence-electron chi connectivity index (χ1n) is 10.2. The van der Waals surface area contributed by atoms with E-state index in [1.165, 1.54) is 11.1 Å². The summed E-state index contributed by atoms with van der Waals surface area (Å²) in [5.41, 5.74) is 2.44. The van der Waals surface area contributed by atoms with Gasteiger partial charge in [-0.05, 0) is 39.1 Å². The minimum atomic E-state index is -1.21. The van der Waals surface area contributed by atoms with Gasteiger partial charge >= 0.3 is 0 Å². The fourth-order valence-corrected chi connectivity index (χ4v) is 5.24. The van der Waals surface area contributed by atoms with Crippen molar-refractivity contribution in [2.45, 2.75) is 56.9 Å². The Bertz CT molecular complexity index is 724. The molecule has 2 aromatic rings. The maximum Gasteiger partial charge on any atom is 0.258 e. The number of nitrogens with zero attached hydrogens (tertiary/aromatic N) is 1. The smallest absolute Gasteiger partial charge is 0.258 e. The van der Waals surface area contributed by atoms with E-state index >= 15 is 0 Å². The number of ether oxygens (including phenoxy) is 2. The van der Waals surface area contributed by atoms with Crippen LogP contribution in [-0.4, -0.2) is 49.0 Å². The highest BCUT2D eigenvalue weighted by atomic mass is 31.2. The Labute approximate surface area is 174 Å². The minimum Gasteiger partial charge on any atom is -0.342 e. The van der Waals surface area contributed by atoms with Gasteiger partial charge in [-0.2, -0.15) is 0 Å². The summed E-state index contributed by atoms with van der Waals surface area (Å²) in [5.74, 6) is -0.663. The quantitative estimate of drug-likeness (QED) is 0.670. The van der Waals surface area contributed by atoms with E-state index in [2.05, 4.69) is 48.5 Å². The number of benzene rings is 2. The maximum atomic E-state index is 6.52. The molecule has 0 aliphatic carbocycles. The van der Waals surface area contributed by atoms with Gasteiger partial charge in [0.25, 0.3) is 8.53 Å². The highest BCUT2D eigenvalue weighted by Crippen LogP contribution is 2.51. The molecule has 29 heavy (non-hydrogen) atoms. The summed E-state index contributed by atoms with van der Waals surface area (Å²) in [6.07, 6.45) is 0.861. The molecule has 0 saturated carbocycles. The Kier molecular flexibility index (Phi) is 6.35. The van der Waals surface area contributed by atoms with Crippen molar-refractivity contribution in [3.8, 4) is 0 Å². The number of hydrogen-bond acceptors (Lipinski definition) is 5. The van der Waals surface area contributed by atoms with Crippen molar-refractivity contribution < 1.29 is 18.5 Å². The zero-order valence-electron chi connectivity index (χ0n) is 17.5. The van der Waals surface area contributed by atoms with Crippen LogP contribution in [0.3, 0.4) is 0 Å². The predicted octanol–water partition coefficient (Wildman–Crippen LogP) is 4.56. The van der Waals surface area contributed by atoms with Crippen LogP contribution in [0.25, 0.3) is 0 Å². The molecular weight excluding hydrogens is 385 g/mol. The van der Waals surface area contributed by atoms with Gasteiger partial charge < -0.3 is 18.5 Å². The standard InChI is InChI=1S/C23H30NO4P/c1-23(2)25-21-19(15-17-11-7-5-8-12-17)27-29(24(3)4)28-20(22(21)26-23)16-18-13-9-6-10-14-18/h5-14,19-22H,15-16H2,1-4H3/t19-,20-,21+,22+/m0/s1. The number of rotatable bonds is 5. The molecule has 0 radical (unpaired) electrons.